The second kappa shape index (κ2) is 4.39. The summed E-state index contributed by atoms with van der Waals surface area (Å²) in [5, 5.41) is 18.3. The van der Waals surface area contributed by atoms with E-state index < -0.39 is 36.9 Å². The normalized spacial score (nSPS) is 30.2. The number of rotatable bonds is 2. The molecule has 0 aromatic heterocycles. The first-order valence-electron chi connectivity index (χ1n) is 4.30. The van der Waals surface area contributed by atoms with E-state index in [-0.39, 0.29) is 6.42 Å². The molecule has 6 heteroatoms. The predicted molar refractivity (Wildman–Crippen MR) is 42.9 cm³/mol. The molecule has 0 saturated carbocycles. The molecule has 1 heterocycles. The maximum atomic E-state index is 11.0. The molecular formula is C8H12O6. The minimum atomic E-state index is -1.50. The zero-order valence-corrected chi connectivity index (χ0v) is 7.67. The van der Waals surface area contributed by atoms with E-state index in [9.17, 15) is 14.7 Å². The molecule has 1 rings (SSSR count). The van der Waals surface area contributed by atoms with E-state index >= 15 is 0 Å². The number of hydrogen-bond acceptors (Lipinski definition) is 6. The number of carbonyl (C=O) groups is 2. The Labute approximate surface area is 80.4 Å². The van der Waals surface area contributed by atoms with Crippen LogP contribution in [0.5, 0.6) is 0 Å². The van der Waals surface area contributed by atoms with Gasteiger partial charge in [0, 0.05) is 0 Å². The van der Waals surface area contributed by atoms with E-state index in [4.69, 9.17) is 5.11 Å². The summed E-state index contributed by atoms with van der Waals surface area (Å²) in [5.41, 5.74) is 0. The van der Waals surface area contributed by atoms with Crippen LogP contribution in [-0.4, -0.2) is 40.6 Å². The summed E-state index contributed by atoms with van der Waals surface area (Å²) in [6.45, 7) is 1.65. The average molecular weight is 204 g/mol. The number of aliphatic hydroxyl groups excluding tert-OH is 2. The largest absolute Gasteiger partial charge is 0.422 e. The molecule has 6 nitrogen and oxygen atoms in total. The molecule has 3 unspecified atom stereocenters. The van der Waals surface area contributed by atoms with Crippen molar-refractivity contribution in [3.8, 4) is 0 Å². The molecule has 1 aliphatic heterocycles. The SMILES string of the molecule is CCC(O)C1OC(=O)CC(O)C(=O)O1. The smallest absolute Gasteiger partial charge is 0.338 e. The van der Waals surface area contributed by atoms with Crippen molar-refractivity contribution >= 4 is 11.9 Å². The predicted octanol–water partition coefficient (Wildman–Crippen LogP) is -1.07. The van der Waals surface area contributed by atoms with Crippen LogP contribution in [-0.2, 0) is 19.1 Å². The van der Waals surface area contributed by atoms with Crippen LogP contribution in [0.15, 0.2) is 0 Å². The number of cyclic esters (lactones) is 2. The highest BCUT2D eigenvalue weighted by molar-refractivity contribution is 5.83. The van der Waals surface area contributed by atoms with E-state index in [1.165, 1.54) is 0 Å². The monoisotopic (exact) mass is 204 g/mol. The van der Waals surface area contributed by atoms with Gasteiger partial charge in [-0.25, -0.2) is 4.79 Å². The molecule has 0 radical (unpaired) electrons. The Balaban J connectivity index is 2.70. The summed E-state index contributed by atoms with van der Waals surface area (Å²) >= 11 is 0. The van der Waals surface area contributed by atoms with E-state index in [1.807, 2.05) is 0 Å². The van der Waals surface area contributed by atoms with Gasteiger partial charge in [0.25, 0.3) is 6.29 Å². The van der Waals surface area contributed by atoms with Gasteiger partial charge in [-0.1, -0.05) is 6.92 Å². The number of ether oxygens (including phenoxy) is 2. The molecule has 1 fully saturated rings. The second-order valence-electron chi connectivity index (χ2n) is 2.99. The van der Waals surface area contributed by atoms with Crippen LogP contribution in [0.2, 0.25) is 0 Å². The van der Waals surface area contributed by atoms with Crippen molar-refractivity contribution in [3.05, 3.63) is 0 Å². The van der Waals surface area contributed by atoms with Crippen LogP contribution < -0.4 is 0 Å². The lowest BCUT2D eigenvalue weighted by Crippen LogP contribution is -2.34. The Hall–Kier alpha value is -1.14. The fraction of sp³-hybridized carbons (Fsp3) is 0.750. The summed E-state index contributed by atoms with van der Waals surface area (Å²) in [4.78, 5) is 21.9. The fourth-order valence-electron chi connectivity index (χ4n) is 0.985. The molecule has 80 valence electrons. The summed E-state index contributed by atoms with van der Waals surface area (Å²) in [6, 6.07) is 0. The van der Waals surface area contributed by atoms with E-state index in [0.29, 0.717) is 0 Å². The molecule has 0 aromatic rings. The van der Waals surface area contributed by atoms with Gasteiger partial charge in [-0.15, -0.1) is 0 Å². The van der Waals surface area contributed by atoms with Crippen molar-refractivity contribution in [2.45, 2.75) is 38.3 Å². The van der Waals surface area contributed by atoms with Gasteiger partial charge in [0.1, 0.15) is 6.10 Å². The van der Waals surface area contributed by atoms with Crippen molar-refractivity contribution in [2.24, 2.45) is 0 Å². The third kappa shape index (κ3) is 2.43. The molecule has 0 bridgehead atoms. The molecule has 0 amide bonds. The van der Waals surface area contributed by atoms with Crippen molar-refractivity contribution in [1.82, 2.24) is 0 Å². The maximum Gasteiger partial charge on any atom is 0.338 e. The van der Waals surface area contributed by atoms with Gasteiger partial charge >= 0.3 is 11.9 Å². The molecule has 2 N–H and O–H groups in total. The van der Waals surface area contributed by atoms with Gasteiger partial charge in [0.15, 0.2) is 6.10 Å². The maximum absolute atomic E-state index is 11.0. The number of hydrogen-bond donors (Lipinski definition) is 2. The van der Waals surface area contributed by atoms with Gasteiger partial charge in [0.2, 0.25) is 0 Å². The third-order valence-corrected chi connectivity index (χ3v) is 1.84. The van der Waals surface area contributed by atoms with Crippen molar-refractivity contribution in [1.29, 1.82) is 0 Å². The number of carbonyl (C=O) groups excluding carboxylic acids is 2. The van der Waals surface area contributed by atoms with Crippen LogP contribution in [0.25, 0.3) is 0 Å². The molecule has 14 heavy (non-hydrogen) atoms. The van der Waals surface area contributed by atoms with Gasteiger partial charge in [0.05, 0.1) is 6.42 Å². The standard InChI is InChI=1S/C8H12O6/c1-2-4(9)8-13-6(11)3-5(10)7(12)14-8/h4-5,8-10H,2-3H2,1H3. The zero-order valence-electron chi connectivity index (χ0n) is 7.67. The zero-order chi connectivity index (χ0) is 10.7. The minimum Gasteiger partial charge on any atom is -0.422 e. The number of esters is 2. The Morgan fingerprint density at radius 3 is 2.71 bits per heavy atom. The average Bonchev–Trinajstić information content (AvgIpc) is 2.25. The summed E-state index contributed by atoms with van der Waals surface area (Å²) in [6.07, 6.45) is -4.03. The van der Waals surface area contributed by atoms with Crippen molar-refractivity contribution in [3.63, 3.8) is 0 Å². The van der Waals surface area contributed by atoms with Crippen LogP contribution in [0, 0.1) is 0 Å². The third-order valence-electron chi connectivity index (χ3n) is 1.84. The van der Waals surface area contributed by atoms with E-state index in [2.05, 4.69) is 9.47 Å². The molecule has 0 aliphatic carbocycles. The van der Waals surface area contributed by atoms with Crippen LogP contribution in [0.4, 0.5) is 0 Å². The Morgan fingerprint density at radius 2 is 2.14 bits per heavy atom. The topological polar surface area (TPSA) is 93.1 Å². The van der Waals surface area contributed by atoms with Gasteiger partial charge < -0.3 is 19.7 Å². The van der Waals surface area contributed by atoms with E-state index in [0.717, 1.165) is 0 Å². The van der Waals surface area contributed by atoms with Gasteiger partial charge in [-0.3, -0.25) is 4.79 Å². The Kier molecular flexibility index (Phi) is 3.43. The lowest BCUT2D eigenvalue weighted by molar-refractivity contribution is -0.202. The number of aliphatic hydroxyl groups is 2. The second-order valence-corrected chi connectivity index (χ2v) is 2.99. The van der Waals surface area contributed by atoms with Crippen LogP contribution in [0.1, 0.15) is 19.8 Å². The molecule has 3 atom stereocenters. The highest BCUT2D eigenvalue weighted by Gasteiger charge is 2.34. The Bertz CT molecular complexity index is 238. The highest BCUT2D eigenvalue weighted by atomic mass is 16.7. The first-order valence-corrected chi connectivity index (χ1v) is 4.30. The molecular weight excluding hydrogens is 192 g/mol. The molecule has 0 aromatic carbocycles. The fourth-order valence-corrected chi connectivity index (χ4v) is 0.985. The highest BCUT2D eigenvalue weighted by Crippen LogP contribution is 2.13. The lowest BCUT2D eigenvalue weighted by atomic mass is 10.3. The van der Waals surface area contributed by atoms with Crippen LogP contribution in [0.3, 0.4) is 0 Å². The quantitative estimate of drug-likeness (QED) is 0.556. The van der Waals surface area contributed by atoms with Crippen molar-refractivity contribution in [2.75, 3.05) is 0 Å². The van der Waals surface area contributed by atoms with Crippen LogP contribution >= 0.6 is 0 Å². The van der Waals surface area contributed by atoms with Gasteiger partial charge in [-0.2, -0.15) is 0 Å². The first kappa shape index (κ1) is 10.9. The Morgan fingerprint density at radius 1 is 1.50 bits per heavy atom. The summed E-state index contributed by atoms with van der Waals surface area (Å²) < 4.78 is 9.18. The van der Waals surface area contributed by atoms with Crippen molar-refractivity contribution < 1.29 is 29.3 Å². The molecule has 1 saturated heterocycles. The molecule has 0 spiro atoms. The molecule has 1 aliphatic rings. The lowest BCUT2D eigenvalue weighted by Gasteiger charge is -2.19. The van der Waals surface area contributed by atoms with Gasteiger partial charge in [-0.05, 0) is 6.42 Å². The summed E-state index contributed by atoms with van der Waals surface area (Å²) in [7, 11) is 0. The summed E-state index contributed by atoms with van der Waals surface area (Å²) in [5.74, 6) is -1.71. The van der Waals surface area contributed by atoms with E-state index in [1.54, 1.807) is 6.92 Å². The minimum absolute atomic E-state index is 0.279. The first-order chi connectivity index (χ1) is 6.54.